The average Bonchev–Trinajstić information content (AvgIpc) is 2.29. The zero-order valence-corrected chi connectivity index (χ0v) is 9.28. The van der Waals surface area contributed by atoms with E-state index in [4.69, 9.17) is 10.1 Å². The minimum absolute atomic E-state index is 0.0552. The van der Waals surface area contributed by atoms with Crippen LogP contribution in [0.25, 0.3) is 5.08 Å². The van der Waals surface area contributed by atoms with E-state index in [1.165, 1.54) is 0 Å². The van der Waals surface area contributed by atoms with Crippen LogP contribution in [0.2, 0.25) is 0 Å². The summed E-state index contributed by atoms with van der Waals surface area (Å²) < 4.78 is 53.3. The van der Waals surface area contributed by atoms with Crippen LogP contribution >= 0.6 is 0 Å². The molecule has 1 heterocycles. The number of morpholine rings is 1. The lowest BCUT2D eigenvalue weighted by molar-refractivity contribution is -0.151. The van der Waals surface area contributed by atoms with Gasteiger partial charge in [0.15, 0.2) is 0 Å². The Morgan fingerprint density at radius 1 is 1.41 bits per heavy atom. The highest BCUT2D eigenvalue weighted by Crippen LogP contribution is 2.24. The minimum atomic E-state index is -5.39. The molecule has 0 unspecified atom stereocenters. The molecule has 1 N–H and O–H groups in total. The van der Waals surface area contributed by atoms with Crippen molar-refractivity contribution in [1.82, 2.24) is 9.73 Å². The maximum atomic E-state index is 13.3. The molecular weight excluding hydrogens is 262 g/mol. The molecule has 0 aromatic carbocycles. The van der Waals surface area contributed by atoms with Gasteiger partial charge in [0.05, 0.1) is 18.0 Å². The number of diazo groups is 1. The third kappa shape index (κ3) is 2.59. The lowest BCUT2D eigenvalue weighted by atomic mass is 10.4. The Morgan fingerprint density at radius 3 is 2.41 bits per heavy atom. The fourth-order valence-corrected chi connectivity index (χ4v) is 1.76. The third-order valence-electron chi connectivity index (χ3n) is 2.05. The van der Waals surface area contributed by atoms with E-state index in [-0.39, 0.29) is 26.3 Å². The van der Waals surface area contributed by atoms with Gasteiger partial charge in [-0.2, -0.15) is 17.2 Å². The summed E-state index contributed by atoms with van der Waals surface area (Å²) in [7, 11) is -5.39. The standard InChI is InChI=1S/C6H9F2N4O4S/c7-6(8,17(14,15)11-10-9)5(13)12-1-3-16-4-2-12/h11H,1-4H2/q+1. The number of hydrogen-bond acceptors (Lipinski definition) is 5. The fraction of sp³-hybridized carbons (Fsp3) is 0.833. The van der Waals surface area contributed by atoms with E-state index in [1.54, 1.807) is 0 Å². The highest BCUT2D eigenvalue weighted by molar-refractivity contribution is 7.91. The number of nitrogens with one attached hydrogen (secondary N) is 1. The Hall–Kier alpha value is -1.54. The number of ether oxygens (including phenoxy) is 1. The molecule has 0 radical (unpaired) electrons. The molecule has 17 heavy (non-hydrogen) atoms. The van der Waals surface area contributed by atoms with Gasteiger partial charge in [-0.15, -0.1) is 0 Å². The molecule has 1 aliphatic rings. The maximum Gasteiger partial charge on any atom is 0.446 e. The maximum absolute atomic E-state index is 13.3. The van der Waals surface area contributed by atoms with Crippen molar-refractivity contribution in [2.24, 2.45) is 0 Å². The number of alkyl halides is 2. The molecule has 0 aromatic heterocycles. The second kappa shape index (κ2) is 4.76. The van der Waals surface area contributed by atoms with E-state index >= 15 is 0 Å². The molecule has 0 aromatic rings. The lowest BCUT2D eigenvalue weighted by Gasteiger charge is -2.28. The van der Waals surface area contributed by atoms with E-state index in [0.717, 1.165) is 4.83 Å². The monoisotopic (exact) mass is 271 g/mol. The molecule has 0 spiro atoms. The highest BCUT2D eigenvalue weighted by atomic mass is 32.2. The Balaban J connectivity index is 2.90. The van der Waals surface area contributed by atoms with Gasteiger partial charge in [0, 0.05) is 13.1 Å². The zero-order chi connectivity index (χ0) is 13.1. The highest BCUT2D eigenvalue weighted by Gasteiger charge is 2.57. The summed E-state index contributed by atoms with van der Waals surface area (Å²) in [5.74, 6) is -1.88. The summed E-state index contributed by atoms with van der Waals surface area (Å²) in [5, 5.41) is 5.10. The summed E-state index contributed by atoms with van der Waals surface area (Å²) in [4.78, 5) is 12.8. The third-order valence-corrected chi connectivity index (χ3v) is 3.22. The van der Waals surface area contributed by atoms with Crippen LogP contribution in [0.3, 0.4) is 0 Å². The molecule has 1 rings (SSSR count). The van der Waals surface area contributed by atoms with Gasteiger partial charge in [-0.1, -0.05) is 0 Å². The smallest absolute Gasteiger partial charge is 0.378 e. The number of carbonyl (C=O) groups excluding carboxylic acids is 1. The van der Waals surface area contributed by atoms with Crippen LogP contribution in [0, 0.1) is 5.39 Å². The minimum Gasteiger partial charge on any atom is -0.378 e. The SMILES string of the molecule is N#[N+]NS(=O)(=O)C(F)(F)C(=O)N1CCOCC1. The molecule has 0 aliphatic carbocycles. The summed E-state index contributed by atoms with van der Waals surface area (Å²) in [5.41, 5.74) is 0. The van der Waals surface area contributed by atoms with E-state index in [0.29, 0.717) is 4.90 Å². The number of nitrogens with zero attached hydrogens (tertiary/aromatic N) is 3. The van der Waals surface area contributed by atoms with Crippen LogP contribution in [0.15, 0.2) is 0 Å². The zero-order valence-electron chi connectivity index (χ0n) is 8.47. The van der Waals surface area contributed by atoms with Gasteiger partial charge in [0.1, 0.15) is 0 Å². The summed E-state index contributed by atoms with van der Waals surface area (Å²) in [6.45, 7) is -0.139. The average molecular weight is 271 g/mol. The van der Waals surface area contributed by atoms with Crippen molar-refractivity contribution >= 4 is 15.9 Å². The molecule has 0 saturated carbocycles. The van der Waals surface area contributed by atoms with Crippen molar-refractivity contribution in [1.29, 1.82) is 5.39 Å². The van der Waals surface area contributed by atoms with Crippen molar-refractivity contribution < 1.29 is 26.7 Å². The Bertz CT molecular complexity index is 439. The van der Waals surface area contributed by atoms with Gasteiger partial charge in [0.25, 0.3) is 5.39 Å². The van der Waals surface area contributed by atoms with E-state index in [2.05, 4.69) is 0 Å². The van der Waals surface area contributed by atoms with Crippen LogP contribution in [-0.4, -0.2) is 50.8 Å². The molecule has 11 heteroatoms. The Morgan fingerprint density at radius 2 is 1.94 bits per heavy atom. The van der Waals surface area contributed by atoms with Crippen molar-refractivity contribution in [2.75, 3.05) is 26.3 Å². The molecule has 1 fully saturated rings. The van der Waals surface area contributed by atoms with Crippen LogP contribution in [-0.2, 0) is 19.6 Å². The first-order chi connectivity index (χ1) is 7.83. The fourth-order valence-electron chi connectivity index (χ4n) is 1.18. The molecule has 0 bridgehead atoms. The molecular formula is C6H9F2N4O4S+. The second-order valence-electron chi connectivity index (χ2n) is 3.12. The molecule has 1 aliphatic heterocycles. The number of carbonyl (C=O) groups is 1. The molecule has 8 nitrogen and oxygen atoms in total. The number of amides is 1. The van der Waals surface area contributed by atoms with Crippen molar-refractivity contribution in [2.45, 2.75) is 5.25 Å². The van der Waals surface area contributed by atoms with Gasteiger partial charge in [-0.05, 0) is 0 Å². The van der Waals surface area contributed by atoms with E-state index in [1.807, 2.05) is 5.08 Å². The van der Waals surface area contributed by atoms with Gasteiger partial charge >= 0.3 is 26.3 Å². The Kier molecular flexibility index (Phi) is 3.79. The first-order valence-electron chi connectivity index (χ1n) is 4.43. The second-order valence-corrected chi connectivity index (χ2v) is 4.82. The summed E-state index contributed by atoms with van der Waals surface area (Å²) in [6.07, 6.45) is 0. The Labute approximate surface area is 95.2 Å². The van der Waals surface area contributed by atoms with Crippen molar-refractivity contribution in [3.05, 3.63) is 5.08 Å². The number of halogens is 2. The summed E-state index contributed by atoms with van der Waals surface area (Å²) >= 11 is 0. The predicted molar refractivity (Wildman–Crippen MR) is 49.5 cm³/mol. The first-order valence-corrected chi connectivity index (χ1v) is 5.91. The first kappa shape index (κ1) is 13.5. The van der Waals surface area contributed by atoms with Crippen molar-refractivity contribution in [3.8, 4) is 0 Å². The number of hydrogen-bond donors (Lipinski definition) is 1. The molecule has 1 saturated heterocycles. The topological polar surface area (TPSA) is 104 Å². The number of rotatable bonds is 3. The largest absolute Gasteiger partial charge is 0.446 e. The van der Waals surface area contributed by atoms with E-state index < -0.39 is 21.2 Å². The van der Waals surface area contributed by atoms with Crippen molar-refractivity contribution in [3.63, 3.8) is 0 Å². The van der Waals surface area contributed by atoms with Crippen LogP contribution in [0.4, 0.5) is 8.78 Å². The van der Waals surface area contributed by atoms with Gasteiger partial charge in [-0.25, -0.2) is 0 Å². The van der Waals surface area contributed by atoms with Gasteiger partial charge < -0.3 is 9.64 Å². The molecule has 0 atom stereocenters. The molecule has 96 valence electrons. The van der Waals surface area contributed by atoms with E-state index in [9.17, 15) is 22.0 Å². The summed E-state index contributed by atoms with van der Waals surface area (Å²) in [6, 6.07) is 0. The van der Waals surface area contributed by atoms with Gasteiger partial charge in [-0.3, -0.25) is 4.79 Å². The quantitative estimate of drug-likeness (QED) is 0.530. The van der Waals surface area contributed by atoms with Crippen LogP contribution < -0.4 is 4.83 Å². The normalized spacial score (nSPS) is 17.4. The van der Waals surface area contributed by atoms with Crippen LogP contribution in [0.1, 0.15) is 0 Å². The predicted octanol–water partition coefficient (Wildman–Crippen LogP) is -0.875. The lowest BCUT2D eigenvalue weighted by Crippen LogP contribution is -2.53. The molecule has 1 amide bonds. The van der Waals surface area contributed by atoms with Gasteiger partial charge in [0.2, 0.25) is 0 Å². The number of sulfonamides is 1. The van der Waals surface area contributed by atoms with Crippen LogP contribution in [0.5, 0.6) is 0 Å².